The molecule has 0 radical (unpaired) electrons. The van der Waals surface area contributed by atoms with Crippen LogP contribution < -0.4 is 10.2 Å². The van der Waals surface area contributed by atoms with Crippen LogP contribution in [0.5, 0.6) is 0 Å². The normalized spacial score (nSPS) is 16.4. The van der Waals surface area contributed by atoms with E-state index in [0.29, 0.717) is 12.1 Å². The highest BCUT2D eigenvalue weighted by molar-refractivity contribution is 5.91. The van der Waals surface area contributed by atoms with E-state index >= 15 is 0 Å². The van der Waals surface area contributed by atoms with Gasteiger partial charge in [0.25, 0.3) is 0 Å². The molecule has 30 heavy (non-hydrogen) atoms. The van der Waals surface area contributed by atoms with E-state index < -0.39 is 5.54 Å². The van der Waals surface area contributed by atoms with E-state index in [9.17, 15) is 14.0 Å². The number of amides is 2. The Labute approximate surface area is 177 Å². The molecule has 1 fully saturated rings. The summed E-state index contributed by atoms with van der Waals surface area (Å²) in [6, 6.07) is 9.72. The molecule has 2 aromatic rings. The van der Waals surface area contributed by atoms with Crippen molar-refractivity contribution in [3.8, 4) is 0 Å². The number of rotatable bonds is 6. The molecule has 1 aromatic heterocycles. The van der Waals surface area contributed by atoms with Gasteiger partial charge < -0.3 is 15.1 Å². The Morgan fingerprint density at radius 2 is 1.93 bits per heavy atom. The Kier molecular flexibility index (Phi) is 6.39. The van der Waals surface area contributed by atoms with E-state index in [2.05, 4.69) is 10.3 Å². The van der Waals surface area contributed by atoms with Gasteiger partial charge in [-0.05, 0) is 62.1 Å². The van der Waals surface area contributed by atoms with E-state index in [0.717, 1.165) is 24.2 Å². The van der Waals surface area contributed by atoms with Crippen LogP contribution in [0.25, 0.3) is 0 Å². The lowest BCUT2D eigenvalue weighted by Gasteiger charge is -2.34. The van der Waals surface area contributed by atoms with Gasteiger partial charge in [0.1, 0.15) is 17.2 Å². The maximum absolute atomic E-state index is 13.3. The zero-order valence-corrected chi connectivity index (χ0v) is 18.0. The SMILES string of the molecule is CN(C)c1cc([C@@H]2CCCN2C(=O)C(C)(C)NC(=O)Cc2ccc(F)cc2)ccn1. The molecule has 1 N–H and O–H groups in total. The summed E-state index contributed by atoms with van der Waals surface area (Å²) in [6.45, 7) is 4.11. The number of carbonyl (C=O) groups excluding carboxylic acids is 2. The number of likely N-dealkylation sites (tertiary alicyclic amines) is 1. The number of hydrogen-bond donors (Lipinski definition) is 1. The average molecular weight is 413 g/mol. The number of nitrogens with zero attached hydrogens (tertiary/aromatic N) is 3. The topological polar surface area (TPSA) is 65.5 Å². The second-order valence-electron chi connectivity index (χ2n) is 8.47. The number of aromatic nitrogens is 1. The third-order valence-electron chi connectivity index (χ3n) is 5.39. The number of anilines is 1. The predicted octanol–water partition coefficient (Wildman–Crippen LogP) is 3.09. The third-order valence-corrected chi connectivity index (χ3v) is 5.39. The molecule has 6 nitrogen and oxygen atoms in total. The Hall–Kier alpha value is -2.96. The molecule has 0 aliphatic carbocycles. The highest BCUT2D eigenvalue weighted by Crippen LogP contribution is 2.34. The first kappa shape index (κ1) is 21.7. The van der Waals surface area contributed by atoms with Crippen molar-refractivity contribution in [1.82, 2.24) is 15.2 Å². The summed E-state index contributed by atoms with van der Waals surface area (Å²) >= 11 is 0. The predicted molar refractivity (Wildman–Crippen MR) is 115 cm³/mol. The summed E-state index contributed by atoms with van der Waals surface area (Å²) in [6.07, 6.45) is 3.65. The molecule has 0 unspecified atom stereocenters. The summed E-state index contributed by atoms with van der Waals surface area (Å²) in [7, 11) is 3.87. The molecule has 2 amide bonds. The summed E-state index contributed by atoms with van der Waals surface area (Å²) < 4.78 is 13.1. The van der Waals surface area contributed by atoms with E-state index in [-0.39, 0.29) is 30.1 Å². The summed E-state index contributed by atoms with van der Waals surface area (Å²) in [5, 5.41) is 2.85. The first-order valence-corrected chi connectivity index (χ1v) is 10.2. The summed E-state index contributed by atoms with van der Waals surface area (Å²) in [5.74, 6) is 0.122. The first-order chi connectivity index (χ1) is 14.2. The van der Waals surface area contributed by atoms with Crippen molar-refractivity contribution in [2.75, 3.05) is 25.5 Å². The second-order valence-corrected chi connectivity index (χ2v) is 8.47. The van der Waals surface area contributed by atoms with Crippen LogP contribution in [0.1, 0.15) is 43.9 Å². The Bertz CT molecular complexity index is 912. The minimum Gasteiger partial charge on any atom is -0.363 e. The molecular weight excluding hydrogens is 383 g/mol. The van der Waals surface area contributed by atoms with Crippen molar-refractivity contribution in [1.29, 1.82) is 0 Å². The first-order valence-electron chi connectivity index (χ1n) is 10.2. The van der Waals surface area contributed by atoms with Crippen LogP contribution in [-0.4, -0.2) is 47.9 Å². The molecule has 160 valence electrons. The molecule has 2 heterocycles. The van der Waals surface area contributed by atoms with Gasteiger partial charge in [-0.15, -0.1) is 0 Å². The third kappa shape index (κ3) is 4.96. The van der Waals surface area contributed by atoms with Crippen LogP contribution in [0.2, 0.25) is 0 Å². The Balaban J connectivity index is 1.70. The fraction of sp³-hybridized carbons (Fsp3) is 0.435. The highest BCUT2D eigenvalue weighted by atomic mass is 19.1. The number of pyridine rings is 1. The van der Waals surface area contributed by atoms with E-state index in [1.165, 1.54) is 12.1 Å². The smallest absolute Gasteiger partial charge is 0.248 e. The maximum atomic E-state index is 13.3. The minimum atomic E-state index is -1.04. The van der Waals surface area contributed by atoms with Crippen LogP contribution in [-0.2, 0) is 16.0 Å². The highest BCUT2D eigenvalue weighted by Gasteiger charge is 2.39. The van der Waals surface area contributed by atoms with Gasteiger partial charge in [0.15, 0.2) is 0 Å². The molecule has 0 saturated carbocycles. The lowest BCUT2D eigenvalue weighted by atomic mass is 9.99. The lowest BCUT2D eigenvalue weighted by Crippen LogP contribution is -2.56. The maximum Gasteiger partial charge on any atom is 0.248 e. The van der Waals surface area contributed by atoms with Crippen LogP contribution in [0.15, 0.2) is 42.6 Å². The monoisotopic (exact) mass is 412 g/mol. The Morgan fingerprint density at radius 1 is 1.23 bits per heavy atom. The molecular formula is C23H29FN4O2. The zero-order valence-electron chi connectivity index (χ0n) is 18.0. The lowest BCUT2D eigenvalue weighted by molar-refractivity contribution is -0.141. The van der Waals surface area contributed by atoms with Crippen LogP contribution >= 0.6 is 0 Å². The van der Waals surface area contributed by atoms with Gasteiger partial charge in [0.05, 0.1) is 12.5 Å². The number of nitrogens with one attached hydrogen (secondary N) is 1. The number of carbonyl (C=O) groups is 2. The second kappa shape index (κ2) is 8.81. The minimum absolute atomic E-state index is 0.0347. The van der Waals surface area contributed by atoms with E-state index in [1.807, 2.05) is 36.0 Å². The quantitative estimate of drug-likeness (QED) is 0.792. The Morgan fingerprint density at radius 3 is 2.60 bits per heavy atom. The molecule has 0 spiro atoms. The molecule has 1 atom stereocenters. The van der Waals surface area contributed by atoms with Crippen molar-refractivity contribution in [2.45, 2.75) is 44.7 Å². The van der Waals surface area contributed by atoms with Crippen molar-refractivity contribution >= 4 is 17.6 Å². The largest absolute Gasteiger partial charge is 0.363 e. The van der Waals surface area contributed by atoms with E-state index in [1.54, 1.807) is 32.2 Å². The fourth-order valence-corrected chi connectivity index (χ4v) is 3.84. The van der Waals surface area contributed by atoms with Gasteiger partial charge in [0, 0.05) is 26.8 Å². The zero-order chi connectivity index (χ0) is 21.9. The molecule has 3 rings (SSSR count). The molecule has 0 bridgehead atoms. The molecule has 7 heteroatoms. The van der Waals surface area contributed by atoms with Gasteiger partial charge >= 0.3 is 0 Å². The van der Waals surface area contributed by atoms with Gasteiger partial charge in [-0.2, -0.15) is 0 Å². The van der Waals surface area contributed by atoms with Crippen molar-refractivity contribution in [2.24, 2.45) is 0 Å². The van der Waals surface area contributed by atoms with Gasteiger partial charge in [-0.3, -0.25) is 9.59 Å². The average Bonchev–Trinajstić information content (AvgIpc) is 3.18. The molecule has 1 saturated heterocycles. The molecule has 1 aromatic carbocycles. The molecule has 1 aliphatic heterocycles. The van der Waals surface area contributed by atoms with Crippen LogP contribution in [0.4, 0.5) is 10.2 Å². The van der Waals surface area contributed by atoms with E-state index in [4.69, 9.17) is 0 Å². The van der Waals surface area contributed by atoms with Gasteiger partial charge in [-0.1, -0.05) is 12.1 Å². The number of benzene rings is 1. The number of hydrogen-bond acceptors (Lipinski definition) is 4. The number of halogens is 1. The van der Waals surface area contributed by atoms with Gasteiger partial charge in [0.2, 0.25) is 11.8 Å². The summed E-state index contributed by atoms with van der Waals surface area (Å²) in [5.41, 5.74) is 0.703. The van der Waals surface area contributed by atoms with Crippen LogP contribution in [0.3, 0.4) is 0 Å². The van der Waals surface area contributed by atoms with Crippen LogP contribution in [0, 0.1) is 5.82 Å². The fourth-order valence-electron chi connectivity index (χ4n) is 3.84. The molecule has 1 aliphatic rings. The summed E-state index contributed by atoms with van der Waals surface area (Å²) in [4.78, 5) is 34.0. The van der Waals surface area contributed by atoms with Gasteiger partial charge in [-0.25, -0.2) is 9.37 Å². The van der Waals surface area contributed by atoms with Crippen molar-refractivity contribution < 1.29 is 14.0 Å². The van der Waals surface area contributed by atoms with Crippen molar-refractivity contribution in [3.63, 3.8) is 0 Å². The standard InChI is InChI=1S/C23H29FN4O2/c1-23(2,26-21(29)14-16-7-9-18(24)10-8-16)22(30)28-13-5-6-19(28)17-11-12-25-20(15-17)27(3)4/h7-12,15,19H,5-6,13-14H2,1-4H3,(H,26,29)/t19-/m0/s1. The van der Waals surface area contributed by atoms with Crippen molar-refractivity contribution in [3.05, 3.63) is 59.5 Å².